The first kappa shape index (κ1) is 29.2. The number of amides is 1. The molecule has 0 bridgehead atoms. The predicted octanol–water partition coefficient (Wildman–Crippen LogP) is 5.99. The van der Waals surface area contributed by atoms with Crippen LogP contribution in [0, 0.1) is 0 Å². The number of halogens is 4. The summed E-state index contributed by atoms with van der Waals surface area (Å²) in [5.74, 6) is -0.171. The smallest absolute Gasteiger partial charge is 0.278 e. The van der Waals surface area contributed by atoms with Crippen molar-refractivity contribution in [2.24, 2.45) is 0 Å². The summed E-state index contributed by atoms with van der Waals surface area (Å²) < 4.78 is 6.04. The second kappa shape index (κ2) is 16.9. The van der Waals surface area contributed by atoms with Crippen molar-refractivity contribution in [2.75, 3.05) is 27.9 Å². The lowest BCUT2D eigenvalue weighted by molar-refractivity contribution is -0.0757. The minimum Gasteiger partial charge on any atom is -0.385 e. The minimum absolute atomic E-state index is 0. The van der Waals surface area contributed by atoms with Gasteiger partial charge in [0.1, 0.15) is 0 Å². The van der Waals surface area contributed by atoms with E-state index in [9.17, 15) is 9.59 Å². The average molecular weight is 560 g/mol. The average Bonchev–Trinajstić information content (AvgIpc) is 2.68. The van der Waals surface area contributed by atoms with Crippen LogP contribution in [0.25, 0.3) is 0 Å². The normalized spacial score (nSPS) is 8.96. The van der Waals surface area contributed by atoms with E-state index >= 15 is 0 Å². The second-order valence-corrected chi connectivity index (χ2v) is 6.85. The van der Waals surface area contributed by atoms with E-state index in [-0.39, 0.29) is 18.3 Å². The Balaban J connectivity index is 0. The third-order valence-corrected chi connectivity index (χ3v) is 4.63. The lowest BCUT2D eigenvalue weighted by Gasteiger charge is -2.14. The Bertz CT molecular complexity index is 731. The van der Waals surface area contributed by atoms with Crippen molar-refractivity contribution >= 4 is 67.0 Å². The van der Waals surface area contributed by atoms with E-state index in [0.717, 1.165) is 15.6 Å². The highest BCUT2D eigenvalue weighted by Crippen LogP contribution is 2.18. The van der Waals surface area contributed by atoms with E-state index in [1.54, 1.807) is 38.4 Å². The van der Waals surface area contributed by atoms with Gasteiger partial charge in [-0.2, -0.15) is 0 Å². The molecule has 0 aliphatic carbocycles. The predicted molar refractivity (Wildman–Crippen MR) is 122 cm³/mol. The molecule has 2 rings (SSSR count). The van der Waals surface area contributed by atoms with Crippen LogP contribution in [0.15, 0.2) is 57.5 Å². The maximum absolute atomic E-state index is 11.6. The fraction of sp³-hybridized carbons (Fsp3) is 0.263. The molecule has 0 atom stereocenters. The number of carbonyl (C=O) groups is 2. The van der Waals surface area contributed by atoms with Gasteiger partial charge >= 0.3 is 0 Å². The van der Waals surface area contributed by atoms with E-state index in [4.69, 9.17) is 16.4 Å². The maximum atomic E-state index is 11.6. The van der Waals surface area contributed by atoms with Crippen LogP contribution in [-0.2, 0) is 9.57 Å². The van der Waals surface area contributed by atoms with Crippen LogP contribution in [0.5, 0.6) is 0 Å². The Kier molecular flexibility index (Phi) is 17.7. The van der Waals surface area contributed by atoms with Gasteiger partial charge in [0.05, 0.1) is 12.7 Å². The molecule has 0 unspecified atom stereocenters. The van der Waals surface area contributed by atoms with Gasteiger partial charge < -0.3 is 4.74 Å². The molecular weight excluding hydrogens is 537 g/mol. The molecule has 2 aromatic rings. The summed E-state index contributed by atoms with van der Waals surface area (Å²) in [7, 11) is 4.70. The highest BCUT2D eigenvalue weighted by atomic mass is 79.9. The zero-order chi connectivity index (χ0) is 20.8. The second-order valence-electron chi connectivity index (χ2n) is 4.80. The van der Waals surface area contributed by atoms with Gasteiger partial charge in [0.15, 0.2) is 0 Å². The molecule has 0 N–H and O–H groups in total. The molecule has 1 amide bonds. The SMILES string of the molecule is CCOC.CON(C)C(=O)c1ccccc1Br.Cl.O=C(Cl)c1ccccc1Br. The molecule has 0 saturated carbocycles. The molecule has 0 saturated heterocycles. The van der Waals surface area contributed by atoms with Crippen molar-refractivity contribution in [3.63, 3.8) is 0 Å². The summed E-state index contributed by atoms with van der Waals surface area (Å²) in [6, 6.07) is 14.2. The molecule has 0 aliphatic heterocycles. The van der Waals surface area contributed by atoms with E-state index in [0.29, 0.717) is 11.1 Å². The Morgan fingerprint density at radius 1 is 0.964 bits per heavy atom. The molecular formula is C19H23Br2Cl2NO4. The van der Waals surface area contributed by atoms with E-state index in [1.807, 2.05) is 31.2 Å². The van der Waals surface area contributed by atoms with Crippen LogP contribution >= 0.6 is 55.9 Å². The third kappa shape index (κ3) is 11.1. The number of hydroxylamine groups is 2. The van der Waals surface area contributed by atoms with Gasteiger partial charge in [-0.15, -0.1) is 12.4 Å². The molecule has 0 aromatic heterocycles. The Morgan fingerprint density at radius 3 is 1.64 bits per heavy atom. The Morgan fingerprint density at radius 2 is 1.36 bits per heavy atom. The van der Waals surface area contributed by atoms with Gasteiger partial charge in [0.25, 0.3) is 11.1 Å². The number of rotatable bonds is 4. The number of benzene rings is 2. The van der Waals surface area contributed by atoms with Crippen molar-refractivity contribution in [3.8, 4) is 0 Å². The monoisotopic (exact) mass is 557 g/mol. The van der Waals surface area contributed by atoms with Crippen LogP contribution in [0.3, 0.4) is 0 Å². The largest absolute Gasteiger partial charge is 0.385 e. The molecule has 2 aromatic carbocycles. The summed E-state index contributed by atoms with van der Waals surface area (Å²) in [4.78, 5) is 27.0. The van der Waals surface area contributed by atoms with Gasteiger partial charge in [-0.05, 0) is 58.7 Å². The zero-order valence-corrected chi connectivity index (χ0v) is 20.7. The van der Waals surface area contributed by atoms with Crippen molar-refractivity contribution < 1.29 is 19.2 Å². The van der Waals surface area contributed by atoms with Crippen LogP contribution in [0.2, 0.25) is 0 Å². The molecule has 5 nitrogen and oxygen atoms in total. The van der Waals surface area contributed by atoms with Gasteiger partial charge in [-0.25, -0.2) is 5.06 Å². The summed E-state index contributed by atoms with van der Waals surface area (Å²) in [6.45, 7) is 2.78. The lowest BCUT2D eigenvalue weighted by Crippen LogP contribution is -2.25. The van der Waals surface area contributed by atoms with Crippen LogP contribution in [-0.4, -0.2) is 44.1 Å². The number of hydrogen-bond donors (Lipinski definition) is 0. The first-order chi connectivity index (χ1) is 12.8. The fourth-order valence-electron chi connectivity index (χ4n) is 1.51. The molecule has 0 heterocycles. The summed E-state index contributed by atoms with van der Waals surface area (Å²) in [5.41, 5.74) is 1.09. The van der Waals surface area contributed by atoms with Gasteiger partial charge in [0, 0.05) is 35.3 Å². The minimum atomic E-state index is -0.438. The van der Waals surface area contributed by atoms with E-state index in [2.05, 4.69) is 36.6 Å². The molecule has 0 radical (unpaired) electrons. The molecule has 0 spiro atoms. The molecule has 28 heavy (non-hydrogen) atoms. The van der Waals surface area contributed by atoms with E-state index < -0.39 is 5.24 Å². The molecule has 156 valence electrons. The number of hydrogen-bond acceptors (Lipinski definition) is 4. The van der Waals surface area contributed by atoms with Crippen LogP contribution in [0.4, 0.5) is 0 Å². The standard InChI is InChI=1S/C9H10BrNO2.C7H4BrClO.C3H8O.ClH/c1-11(13-2)9(12)7-5-3-4-6-8(7)10;8-6-4-2-1-3-5(6)7(9)10;1-3-4-2;/h3-6H,1-2H3;1-4H;3H2,1-2H3;1H. The van der Waals surface area contributed by atoms with Gasteiger partial charge in [-0.1, -0.05) is 40.2 Å². The van der Waals surface area contributed by atoms with Crippen molar-refractivity contribution in [3.05, 3.63) is 68.6 Å². The number of ether oxygens (including phenoxy) is 1. The van der Waals surface area contributed by atoms with E-state index in [1.165, 1.54) is 12.2 Å². The number of nitrogens with zero attached hydrogens (tertiary/aromatic N) is 1. The number of carbonyl (C=O) groups excluding carboxylic acids is 2. The lowest BCUT2D eigenvalue weighted by atomic mass is 10.2. The van der Waals surface area contributed by atoms with Gasteiger partial charge in [-0.3, -0.25) is 14.4 Å². The zero-order valence-electron chi connectivity index (χ0n) is 15.9. The first-order valence-corrected chi connectivity index (χ1v) is 9.76. The summed E-state index contributed by atoms with van der Waals surface area (Å²) in [5, 5.41) is 0.743. The molecule has 0 aliphatic rings. The Labute approximate surface area is 194 Å². The van der Waals surface area contributed by atoms with Crippen molar-refractivity contribution in [1.29, 1.82) is 0 Å². The Hall–Kier alpha value is -0.960. The topological polar surface area (TPSA) is 55.8 Å². The highest BCUT2D eigenvalue weighted by molar-refractivity contribution is 9.10. The quantitative estimate of drug-likeness (QED) is 0.341. The van der Waals surface area contributed by atoms with Crippen LogP contribution < -0.4 is 0 Å². The third-order valence-electron chi connectivity index (χ3n) is 3.04. The molecule has 9 heteroatoms. The van der Waals surface area contributed by atoms with Gasteiger partial charge in [0.2, 0.25) is 0 Å². The van der Waals surface area contributed by atoms with Crippen molar-refractivity contribution in [2.45, 2.75) is 6.92 Å². The maximum Gasteiger partial charge on any atom is 0.278 e. The molecule has 0 fully saturated rings. The number of methoxy groups -OCH3 is 1. The first-order valence-electron chi connectivity index (χ1n) is 7.80. The summed E-state index contributed by atoms with van der Waals surface area (Å²) in [6.07, 6.45) is 0. The highest BCUT2D eigenvalue weighted by Gasteiger charge is 2.13. The fourth-order valence-corrected chi connectivity index (χ4v) is 2.71. The van der Waals surface area contributed by atoms with Crippen LogP contribution in [0.1, 0.15) is 27.6 Å². The summed E-state index contributed by atoms with van der Waals surface area (Å²) >= 11 is 11.7. The van der Waals surface area contributed by atoms with Crippen molar-refractivity contribution in [1.82, 2.24) is 5.06 Å².